The summed E-state index contributed by atoms with van der Waals surface area (Å²) in [6, 6.07) is 3.16. The van der Waals surface area contributed by atoms with Gasteiger partial charge in [-0.1, -0.05) is 0 Å². The molecule has 0 saturated heterocycles. The lowest BCUT2D eigenvalue weighted by molar-refractivity contribution is 0.182. The van der Waals surface area contributed by atoms with Gasteiger partial charge in [0.2, 0.25) is 0 Å². The Kier molecular flexibility index (Phi) is 5.35. The molecule has 0 unspecified atom stereocenters. The second-order valence-corrected chi connectivity index (χ2v) is 4.97. The summed E-state index contributed by atoms with van der Waals surface area (Å²) < 4.78 is 0. The van der Waals surface area contributed by atoms with Gasteiger partial charge in [-0.3, -0.25) is 4.90 Å². The van der Waals surface area contributed by atoms with E-state index in [0.717, 1.165) is 24.5 Å². The van der Waals surface area contributed by atoms with Gasteiger partial charge in [-0.15, -0.1) is 5.10 Å². The number of aromatic nitrogens is 2. The van der Waals surface area contributed by atoms with Gasteiger partial charge in [-0.05, 0) is 46.2 Å². The molecule has 96 valence electrons. The maximum absolute atomic E-state index is 4.05. The van der Waals surface area contributed by atoms with E-state index in [0.29, 0.717) is 12.1 Å². The van der Waals surface area contributed by atoms with Crippen LogP contribution in [0.4, 0.5) is 5.82 Å². The molecule has 0 amide bonds. The van der Waals surface area contributed by atoms with Crippen molar-refractivity contribution in [2.75, 3.05) is 18.4 Å². The highest BCUT2D eigenvalue weighted by Gasteiger charge is 2.12. The van der Waals surface area contributed by atoms with E-state index in [1.54, 1.807) is 6.20 Å². The number of hydrogen-bond donors (Lipinski definition) is 1. The molecule has 0 spiro atoms. The van der Waals surface area contributed by atoms with Crippen LogP contribution in [0.2, 0.25) is 0 Å². The minimum absolute atomic E-state index is 0.570. The monoisotopic (exact) mass is 236 g/mol. The first-order valence-corrected chi connectivity index (χ1v) is 6.29. The highest BCUT2D eigenvalue weighted by molar-refractivity contribution is 5.34. The van der Waals surface area contributed by atoms with E-state index in [4.69, 9.17) is 0 Å². The lowest BCUT2D eigenvalue weighted by Crippen LogP contribution is -2.40. The maximum Gasteiger partial charge on any atom is 0.148 e. The smallest absolute Gasteiger partial charge is 0.148 e. The van der Waals surface area contributed by atoms with Gasteiger partial charge >= 0.3 is 0 Å². The lowest BCUT2D eigenvalue weighted by Gasteiger charge is -2.30. The molecule has 0 fully saturated rings. The van der Waals surface area contributed by atoms with Crippen LogP contribution in [0.15, 0.2) is 12.3 Å². The Morgan fingerprint density at radius 1 is 1.24 bits per heavy atom. The van der Waals surface area contributed by atoms with E-state index in [1.165, 1.54) is 0 Å². The molecule has 0 radical (unpaired) electrons. The van der Waals surface area contributed by atoms with E-state index >= 15 is 0 Å². The molecule has 1 rings (SSSR count). The highest BCUT2D eigenvalue weighted by atomic mass is 15.2. The van der Waals surface area contributed by atoms with Crippen molar-refractivity contribution in [2.24, 2.45) is 0 Å². The topological polar surface area (TPSA) is 41.1 Å². The molecule has 0 aromatic carbocycles. The maximum atomic E-state index is 4.05. The number of aryl methyl sites for hydroxylation is 1. The molecule has 4 nitrogen and oxygen atoms in total. The van der Waals surface area contributed by atoms with Crippen LogP contribution in [-0.4, -0.2) is 40.3 Å². The summed E-state index contributed by atoms with van der Waals surface area (Å²) in [4.78, 5) is 2.45. The van der Waals surface area contributed by atoms with Gasteiger partial charge in [0, 0.05) is 25.2 Å². The number of nitrogens with zero attached hydrogens (tertiary/aromatic N) is 3. The summed E-state index contributed by atoms with van der Waals surface area (Å²) in [7, 11) is 0. The molecule has 4 heteroatoms. The van der Waals surface area contributed by atoms with Gasteiger partial charge in [0.25, 0.3) is 0 Å². The van der Waals surface area contributed by atoms with Crippen molar-refractivity contribution in [3.63, 3.8) is 0 Å². The number of rotatable bonds is 6. The molecule has 1 aromatic heterocycles. The SMILES string of the molecule is Cc1cnnc(NCCN(C(C)C)C(C)C)c1. The average molecular weight is 236 g/mol. The molecule has 1 N–H and O–H groups in total. The van der Waals surface area contributed by atoms with Crippen LogP contribution < -0.4 is 5.32 Å². The summed E-state index contributed by atoms with van der Waals surface area (Å²) in [5.41, 5.74) is 1.13. The van der Waals surface area contributed by atoms with Crippen LogP contribution in [0.1, 0.15) is 33.3 Å². The zero-order valence-electron chi connectivity index (χ0n) is 11.6. The van der Waals surface area contributed by atoms with Crippen LogP contribution in [0.25, 0.3) is 0 Å². The van der Waals surface area contributed by atoms with Crippen LogP contribution in [0.3, 0.4) is 0 Å². The van der Waals surface area contributed by atoms with Gasteiger partial charge in [-0.25, -0.2) is 0 Å². The Hall–Kier alpha value is -1.16. The van der Waals surface area contributed by atoms with Crippen molar-refractivity contribution < 1.29 is 0 Å². The van der Waals surface area contributed by atoms with Gasteiger partial charge in [0.1, 0.15) is 5.82 Å². The standard InChI is InChI=1S/C13H24N4/c1-10(2)17(11(3)4)7-6-14-13-8-12(5)9-15-16-13/h8-11H,6-7H2,1-5H3,(H,14,16). The first-order chi connectivity index (χ1) is 8.00. The predicted octanol–water partition coefficient (Wildman–Crippen LogP) is 2.32. The zero-order chi connectivity index (χ0) is 12.8. The van der Waals surface area contributed by atoms with E-state index in [1.807, 2.05) is 13.0 Å². The van der Waals surface area contributed by atoms with Gasteiger partial charge in [0.15, 0.2) is 0 Å². The Morgan fingerprint density at radius 3 is 2.41 bits per heavy atom. The summed E-state index contributed by atoms with van der Waals surface area (Å²) in [6.45, 7) is 12.9. The van der Waals surface area contributed by atoms with Crippen molar-refractivity contribution in [3.05, 3.63) is 17.8 Å². The number of nitrogens with one attached hydrogen (secondary N) is 1. The minimum atomic E-state index is 0.570. The first-order valence-electron chi connectivity index (χ1n) is 6.29. The van der Waals surface area contributed by atoms with Gasteiger partial charge in [0.05, 0.1) is 6.20 Å². The predicted molar refractivity (Wildman–Crippen MR) is 72.2 cm³/mol. The quantitative estimate of drug-likeness (QED) is 0.823. The highest BCUT2D eigenvalue weighted by Crippen LogP contribution is 2.06. The van der Waals surface area contributed by atoms with Crippen molar-refractivity contribution >= 4 is 5.82 Å². The second-order valence-electron chi connectivity index (χ2n) is 4.97. The van der Waals surface area contributed by atoms with Crippen molar-refractivity contribution in [1.29, 1.82) is 0 Å². The van der Waals surface area contributed by atoms with Crippen molar-refractivity contribution in [2.45, 2.75) is 46.7 Å². The van der Waals surface area contributed by atoms with Crippen LogP contribution >= 0.6 is 0 Å². The normalized spacial score (nSPS) is 11.5. The van der Waals surface area contributed by atoms with Gasteiger partial charge in [-0.2, -0.15) is 5.10 Å². The second kappa shape index (κ2) is 6.55. The molecule has 0 bridgehead atoms. The summed E-state index contributed by atoms with van der Waals surface area (Å²) in [5.74, 6) is 0.859. The third-order valence-corrected chi connectivity index (χ3v) is 2.79. The molecule has 0 aliphatic heterocycles. The Balaban J connectivity index is 2.41. The molecular weight excluding hydrogens is 212 g/mol. The molecule has 0 saturated carbocycles. The molecule has 17 heavy (non-hydrogen) atoms. The fourth-order valence-corrected chi connectivity index (χ4v) is 1.98. The largest absolute Gasteiger partial charge is 0.367 e. The molecule has 1 aromatic rings. The van der Waals surface area contributed by atoms with Crippen molar-refractivity contribution in [1.82, 2.24) is 15.1 Å². The zero-order valence-corrected chi connectivity index (χ0v) is 11.6. The number of anilines is 1. The van der Waals surface area contributed by atoms with Crippen molar-refractivity contribution in [3.8, 4) is 0 Å². The van der Waals surface area contributed by atoms with Crippen LogP contribution in [-0.2, 0) is 0 Å². The van der Waals surface area contributed by atoms with E-state index in [-0.39, 0.29) is 0 Å². The number of hydrogen-bond acceptors (Lipinski definition) is 4. The lowest BCUT2D eigenvalue weighted by atomic mass is 10.2. The Morgan fingerprint density at radius 2 is 1.88 bits per heavy atom. The van der Waals surface area contributed by atoms with Gasteiger partial charge < -0.3 is 5.32 Å². The third-order valence-electron chi connectivity index (χ3n) is 2.79. The fraction of sp³-hybridized carbons (Fsp3) is 0.692. The third kappa shape index (κ3) is 4.69. The first kappa shape index (κ1) is 13.9. The average Bonchev–Trinajstić information content (AvgIpc) is 2.23. The van der Waals surface area contributed by atoms with E-state index in [2.05, 4.69) is 48.1 Å². The van der Waals surface area contributed by atoms with Crippen LogP contribution in [0, 0.1) is 6.92 Å². The Bertz CT molecular complexity index is 328. The van der Waals surface area contributed by atoms with E-state index in [9.17, 15) is 0 Å². The van der Waals surface area contributed by atoms with Crippen LogP contribution in [0.5, 0.6) is 0 Å². The summed E-state index contributed by atoms with van der Waals surface area (Å²) in [5, 5.41) is 11.3. The van der Waals surface area contributed by atoms with E-state index < -0.39 is 0 Å². The molecule has 0 aliphatic carbocycles. The molecule has 0 atom stereocenters. The minimum Gasteiger partial charge on any atom is -0.367 e. The molecule has 0 aliphatic rings. The summed E-state index contributed by atoms with van der Waals surface area (Å²) in [6.07, 6.45) is 1.76. The Labute approximate surface area is 104 Å². The molecule has 1 heterocycles. The fourth-order valence-electron chi connectivity index (χ4n) is 1.98. The summed E-state index contributed by atoms with van der Waals surface area (Å²) >= 11 is 0. The molecular formula is C13H24N4.